The quantitative estimate of drug-likeness (QED) is 0.540. The first-order valence-electron chi connectivity index (χ1n) is 3.92. The van der Waals surface area contributed by atoms with Crippen LogP contribution >= 0.6 is 11.3 Å². The van der Waals surface area contributed by atoms with E-state index in [0.717, 1.165) is 5.52 Å². The summed E-state index contributed by atoms with van der Waals surface area (Å²) in [6.07, 6.45) is 3.01. The largest absolute Gasteiger partial charge is 0.289 e. The second kappa shape index (κ2) is 2.58. The molecule has 6 heteroatoms. The minimum absolute atomic E-state index is 0.222. The van der Waals surface area contributed by atoms with Crippen molar-refractivity contribution in [3.63, 3.8) is 0 Å². The molecule has 0 aromatic carbocycles. The van der Waals surface area contributed by atoms with E-state index < -0.39 is 0 Å². The summed E-state index contributed by atoms with van der Waals surface area (Å²) in [4.78, 5) is 15.3. The van der Waals surface area contributed by atoms with Gasteiger partial charge in [0, 0.05) is 0 Å². The second-order valence-corrected chi connectivity index (χ2v) is 3.67. The molecule has 5 nitrogen and oxygen atoms in total. The van der Waals surface area contributed by atoms with Gasteiger partial charge in [-0.3, -0.25) is 9.20 Å². The van der Waals surface area contributed by atoms with Crippen molar-refractivity contribution in [2.45, 2.75) is 0 Å². The predicted octanol–water partition coefficient (Wildman–Crippen LogP) is 0.699. The Labute approximate surface area is 81.7 Å². The number of thiophene rings is 1. The Hall–Kier alpha value is -1.82. The summed E-state index contributed by atoms with van der Waals surface area (Å²) in [5, 5.41) is 9.46. The van der Waals surface area contributed by atoms with Crippen LogP contribution in [0, 0.1) is 0 Å². The number of rotatable bonds is 0. The molecule has 0 atom stereocenters. The Kier molecular flexibility index (Phi) is 1.40. The van der Waals surface area contributed by atoms with Crippen LogP contribution in [-0.4, -0.2) is 19.6 Å². The summed E-state index contributed by atoms with van der Waals surface area (Å²) in [6.45, 7) is 0. The van der Waals surface area contributed by atoms with Gasteiger partial charge in [0.15, 0.2) is 5.65 Å². The van der Waals surface area contributed by atoms with E-state index in [1.54, 1.807) is 10.7 Å². The Balaban J connectivity index is 2.78. The first-order valence-corrected chi connectivity index (χ1v) is 4.80. The van der Waals surface area contributed by atoms with Crippen LogP contribution < -0.4 is 5.56 Å². The molecule has 0 radical (unpaired) electrons. The van der Waals surface area contributed by atoms with Gasteiger partial charge in [-0.25, -0.2) is 4.98 Å². The molecular formula is C8H4N4OS. The summed E-state index contributed by atoms with van der Waals surface area (Å²) in [5.41, 5.74) is 1.16. The van der Waals surface area contributed by atoms with Gasteiger partial charge in [0.05, 0.1) is 11.7 Å². The van der Waals surface area contributed by atoms with E-state index in [-0.39, 0.29) is 5.56 Å². The summed E-state index contributed by atoms with van der Waals surface area (Å²) in [5.74, 6) is 0. The average Bonchev–Trinajstić information content (AvgIpc) is 2.80. The fourth-order valence-electron chi connectivity index (χ4n) is 1.34. The van der Waals surface area contributed by atoms with Gasteiger partial charge in [0.25, 0.3) is 5.56 Å². The van der Waals surface area contributed by atoms with Crippen molar-refractivity contribution in [2.75, 3.05) is 0 Å². The molecule has 68 valence electrons. The van der Waals surface area contributed by atoms with Gasteiger partial charge in [0.2, 0.25) is 0 Å². The third kappa shape index (κ3) is 0.882. The van der Waals surface area contributed by atoms with Crippen LogP contribution in [0.1, 0.15) is 0 Å². The van der Waals surface area contributed by atoms with Crippen molar-refractivity contribution in [2.24, 2.45) is 0 Å². The van der Waals surface area contributed by atoms with Crippen molar-refractivity contribution >= 4 is 27.2 Å². The first-order chi connectivity index (χ1) is 6.86. The maximum absolute atomic E-state index is 11.5. The lowest BCUT2D eigenvalue weighted by atomic mass is 10.5. The zero-order valence-corrected chi connectivity index (χ0v) is 7.73. The van der Waals surface area contributed by atoms with E-state index >= 15 is 0 Å². The zero-order chi connectivity index (χ0) is 9.54. The van der Waals surface area contributed by atoms with E-state index in [4.69, 9.17) is 0 Å². The Morgan fingerprint density at radius 2 is 2.36 bits per heavy atom. The molecule has 0 saturated carbocycles. The van der Waals surface area contributed by atoms with Gasteiger partial charge >= 0.3 is 0 Å². The number of aromatic nitrogens is 4. The number of hydrogen-bond donors (Lipinski definition) is 0. The van der Waals surface area contributed by atoms with Gasteiger partial charge < -0.3 is 0 Å². The molecule has 0 saturated heterocycles. The van der Waals surface area contributed by atoms with Gasteiger partial charge in [-0.2, -0.15) is 0 Å². The molecule has 0 amide bonds. The van der Waals surface area contributed by atoms with Gasteiger partial charge in [-0.1, -0.05) is 0 Å². The van der Waals surface area contributed by atoms with E-state index in [1.165, 1.54) is 17.5 Å². The molecule has 0 aliphatic carbocycles. The summed E-state index contributed by atoms with van der Waals surface area (Å²) < 4.78 is 2.38. The monoisotopic (exact) mass is 204 g/mol. The highest BCUT2D eigenvalue weighted by molar-refractivity contribution is 7.17. The van der Waals surface area contributed by atoms with Crippen molar-refractivity contribution in [3.8, 4) is 0 Å². The summed E-state index contributed by atoms with van der Waals surface area (Å²) in [7, 11) is 0. The molecule has 3 aromatic rings. The van der Waals surface area contributed by atoms with Crippen LogP contribution in [0.5, 0.6) is 0 Å². The molecule has 14 heavy (non-hydrogen) atoms. The third-order valence-electron chi connectivity index (χ3n) is 1.97. The van der Waals surface area contributed by atoms with Crippen molar-refractivity contribution in [3.05, 3.63) is 34.3 Å². The van der Waals surface area contributed by atoms with E-state index in [1.807, 2.05) is 11.4 Å². The molecule has 0 N–H and O–H groups in total. The van der Waals surface area contributed by atoms with Gasteiger partial charge in [-0.15, -0.1) is 21.5 Å². The fourth-order valence-corrected chi connectivity index (χ4v) is 2.12. The maximum atomic E-state index is 11.5. The Morgan fingerprint density at radius 3 is 3.29 bits per heavy atom. The molecule has 0 unspecified atom stereocenters. The minimum Gasteiger partial charge on any atom is -0.279 e. The molecule has 3 aromatic heterocycles. The van der Waals surface area contributed by atoms with Crippen LogP contribution in [-0.2, 0) is 0 Å². The summed E-state index contributed by atoms with van der Waals surface area (Å²) >= 11 is 1.37. The van der Waals surface area contributed by atoms with Crippen molar-refractivity contribution in [1.29, 1.82) is 0 Å². The highest BCUT2D eigenvalue weighted by Crippen LogP contribution is 2.15. The molecule has 0 spiro atoms. The van der Waals surface area contributed by atoms with E-state index in [0.29, 0.717) is 10.3 Å². The SMILES string of the molecule is O=c1ncc2nncn2c2ccsc12. The van der Waals surface area contributed by atoms with Crippen molar-refractivity contribution in [1.82, 2.24) is 19.6 Å². The van der Waals surface area contributed by atoms with Crippen molar-refractivity contribution < 1.29 is 0 Å². The molecule has 0 aliphatic heterocycles. The topological polar surface area (TPSA) is 60.2 Å². The van der Waals surface area contributed by atoms with Gasteiger partial charge in [0.1, 0.15) is 11.0 Å². The molecule has 0 fully saturated rings. The number of nitrogens with zero attached hydrogens (tertiary/aromatic N) is 4. The summed E-state index contributed by atoms with van der Waals surface area (Å²) in [6, 6.07) is 1.86. The lowest BCUT2D eigenvalue weighted by molar-refractivity contribution is 1.10. The lowest BCUT2D eigenvalue weighted by Gasteiger charge is -1.84. The lowest BCUT2D eigenvalue weighted by Crippen LogP contribution is -1.98. The highest BCUT2D eigenvalue weighted by Gasteiger charge is 2.03. The van der Waals surface area contributed by atoms with Crippen LogP contribution in [0.2, 0.25) is 0 Å². The third-order valence-corrected chi connectivity index (χ3v) is 2.86. The maximum Gasteiger partial charge on any atom is 0.289 e. The number of hydrogen-bond acceptors (Lipinski definition) is 5. The van der Waals surface area contributed by atoms with E-state index in [2.05, 4.69) is 15.2 Å². The highest BCUT2D eigenvalue weighted by atomic mass is 32.1. The fraction of sp³-hybridized carbons (Fsp3) is 0. The molecule has 0 aliphatic rings. The second-order valence-electron chi connectivity index (χ2n) is 2.76. The average molecular weight is 204 g/mol. The number of fused-ring (bicyclic) bond motifs is 3. The standard InChI is InChI=1S/C8H4N4OS/c13-8-7-5(1-2-14-7)12-4-10-11-6(12)3-9-8/h1-4H. The molecular weight excluding hydrogens is 200 g/mol. The van der Waals surface area contributed by atoms with E-state index in [9.17, 15) is 4.79 Å². The Bertz CT molecular complexity index is 671. The minimum atomic E-state index is -0.222. The molecule has 3 heterocycles. The smallest absolute Gasteiger partial charge is 0.279 e. The van der Waals surface area contributed by atoms with Crippen LogP contribution in [0.25, 0.3) is 15.9 Å². The Morgan fingerprint density at radius 1 is 1.43 bits per heavy atom. The first kappa shape index (κ1) is 7.57. The predicted molar refractivity (Wildman–Crippen MR) is 52.4 cm³/mol. The van der Waals surface area contributed by atoms with Crippen LogP contribution in [0.15, 0.2) is 28.8 Å². The molecule has 3 rings (SSSR count). The van der Waals surface area contributed by atoms with Gasteiger partial charge in [-0.05, 0) is 11.4 Å². The van der Waals surface area contributed by atoms with Crippen LogP contribution in [0.3, 0.4) is 0 Å². The van der Waals surface area contributed by atoms with Crippen LogP contribution in [0.4, 0.5) is 0 Å². The normalized spacial score (nSPS) is 11.1. The molecule has 0 bridgehead atoms. The zero-order valence-electron chi connectivity index (χ0n) is 6.91.